The highest BCUT2D eigenvalue weighted by molar-refractivity contribution is 5.80. The molecule has 1 fully saturated rings. The van der Waals surface area contributed by atoms with E-state index in [0.717, 1.165) is 4.90 Å². The number of carboxylic acid groups (broad SMARTS) is 2. The lowest BCUT2D eigenvalue weighted by atomic mass is 10.1. The summed E-state index contributed by atoms with van der Waals surface area (Å²) in [4.78, 5) is 24.9. The SMILES string of the molecule is Cc1c(F)cccc1N1CCN(C(=O)O)CC1C(=O)O. The molecular formula is C13H15FN2O4. The van der Waals surface area contributed by atoms with Gasteiger partial charge in [-0.1, -0.05) is 6.07 Å². The Morgan fingerprint density at radius 2 is 2.00 bits per heavy atom. The summed E-state index contributed by atoms with van der Waals surface area (Å²) in [6.07, 6.45) is -1.15. The highest BCUT2D eigenvalue weighted by Crippen LogP contribution is 2.26. The van der Waals surface area contributed by atoms with E-state index in [9.17, 15) is 19.1 Å². The third kappa shape index (κ3) is 2.52. The van der Waals surface area contributed by atoms with Crippen molar-refractivity contribution in [2.45, 2.75) is 13.0 Å². The minimum absolute atomic E-state index is 0.138. The van der Waals surface area contributed by atoms with E-state index in [2.05, 4.69) is 0 Å². The Balaban J connectivity index is 2.33. The van der Waals surface area contributed by atoms with E-state index in [1.54, 1.807) is 17.9 Å². The van der Waals surface area contributed by atoms with Gasteiger partial charge in [0.2, 0.25) is 0 Å². The maximum absolute atomic E-state index is 13.6. The van der Waals surface area contributed by atoms with Crippen LogP contribution in [0.4, 0.5) is 14.9 Å². The monoisotopic (exact) mass is 282 g/mol. The van der Waals surface area contributed by atoms with Crippen molar-refractivity contribution in [3.63, 3.8) is 0 Å². The fourth-order valence-corrected chi connectivity index (χ4v) is 2.36. The van der Waals surface area contributed by atoms with Crippen LogP contribution in [0, 0.1) is 12.7 Å². The van der Waals surface area contributed by atoms with Crippen LogP contribution in [-0.2, 0) is 4.79 Å². The molecule has 108 valence electrons. The van der Waals surface area contributed by atoms with Crippen LogP contribution in [0.1, 0.15) is 5.56 Å². The number of carbonyl (C=O) groups is 2. The summed E-state index contributed by atoms with van der Waals surface area (Å²) in [6.45, 7) is 1.84. The number of anilines is 1. The standard InChI is InChI=1S/C13H15FN2O4/c1-8-9(14)3-2-4-10(8)16-6-5-15(13(19)20)7-11(16)12(17)18/h2-4,11H,5-7H2,1H3,(H,17,18)(H,19,20). The number of benzene rings is 1. The average molecular weight is 282 g/mol. The van der Waals surface area contributed by atoms with E-state index < -0.39 is 23.9 Å². The molecule has 1 amide bonds. The van der Waals surface area contributed by atoms with E-state index in [1.807, 2.05) is 0 Å². The van der Waals surface area contributed by atoms with Crippen LogP contribution in [0.3, 0.4) is 0 Å². The van der Waals surface area contributed by atoms with Gasteiger partial charge in [-0.3, -0.25) is 0 Å². The molecule has 7 heteroatoms. The van der Waals surface area contributed by atoms with Gasteiger partial charge in [0.25, 0.3) is 0 Å². The maximum atomic E-state index is 13.6. The van der Waals surface area contributed by atoms with Crippen molar-refractivity contribution in [3.05, 3.63) is 29.6 Å². The first kappa shape index (κ1) is 14.1. The Kier molecular flexibility index (Phi) is 3.78. The number of hydrogen-bond acceptors (Lipinski definition) is 3. The number of halogens is 1. The van der Waals surface area contributed by atoms with E-state index in [0.29, 0.717) is 11.3 Å². The van der Waals surface area contributed by atoms with Gasteiger partial charge < -0.3 is 20.0 Å². The summed E-state index contributed by atoms with van der Waals surface area (Å²) in [6, 6.07) is 3.45. The van der Waals surface area contributed by atoms with Gasteiger partial charge in [0.05, 0.1) is 6.54 Å². The topological polar surface area (TPSA) is 81.1 Å². The lowest BCUT2D eigenvalue weighted by Crippen LogP contribution is -2.58. The molecule has 1 aromatic rings. The van der Waals surface area contributed by atoms with Crippen LogP contribution < -0.4 is 4.90 Å². The van der Waals surface area contributed by atoms with Gasteiger partial charge in [-0.15, -0.1) is 0 Å². The largest absolute Gasteiger partial charge is 0.480 e. The molecule has 0 saturated carbocycles. The average Bonchev–Trinajstić information content (AvgIpc) is 2.41. The summed E-state index contributed by atoms with van der Waals surface area (Å²) in [5.41, 5.74) is 0.852. The normalized spacial score (nSPS) is 19.0. The molecule has 1 atom stereocenters. The molecule has 1 aliphatic heterocycles. The summed E-state index contributed by atoms with van der Waals surface area (Å²) in [5.74, 6) is -1.54. The van der Waals surface area contributed by atoms with Crippen LogP contribution in [0.15, 0.2) is 18.2 Å². The molecule has 20 heavy (non-hydrogen) atoms. The first-order valence-corrected chi connectivity index (χ1v) is 6.14. The van der Waals surface area contributed by atoms with Crippen molar-refractivity contribution < 1.29 is 24.2 Å². The Morgan fingerprint density at radius 1 is 1.30 bits per heavy atom. The lowest BCUT2D eigenvalue weighted by Gasteiger charge is -2.40. The highest BCUT2D eigenvalue weighted by Gasteiger charge is 2.35. The van der Waals surface area contributed by atoms with Gasteiger partial charge >= 0.3 is 12.1 Å². The van der Waals surface area contributed by atoms with Crippen molar-refractivity contribution in [1.29, 1.82) is 0 Å². The van der Waals surface area contributed by atoms with Crippen LogP contribution in [-0.4, -0.2) is 52.9 Å². The molecule has 0 bridgehead atoms. The minimum Gasteiger partial charge on any atom is -0.480 e. The Hall–Kier alpha value is -2.31. The summed E-state index contributed by atoms with van der Waals surface area (Å²) in [7, 11) is 0. The van der Waals surface area contributed by atoms with Crippen LogP contribution in [0.2, 0.25) is 0 Å². The van der Waals surface area contributed by atoms with Gasteiger partial charge in [0.1, 0.15) is 11.9 Å². The van der Waals surface area contributed by atoms with Crippen molar-refractivity contribution in [2.75, 3.05) is 24.5 Å². The third-order valence-corrected chi connectivity index (χ3v) is 3.48. The quantitative estimate of drug-likeness (QED) is 0.856. The van der Waals surface area contributed by atoms with Crippen molar-refractivity contribution in [3.8, 4) is 0 Å². The zero-order valence-corrected chi connectivity index (χ0v) is 10.9. The van der Waals surface area contributed by atoms with Crippen molar-refractivity contribution >= 4 is 17.7 Å². The first-order valence-electron chi connectivity index (χ1n) is 6.14. The van der Waals surface area contributed by atoms with E-state index in [-0.39, 0.29) is 19.6 Å². The van der Waals surface area contributed by atoms with Crippen molar-refractivity contribution in [2.24, 2.45) is 0 Å². The Bertz CT molecular complexity index is 549. The number of hydrogen-bond donors (Lipinski definition) is 2. The molecule has 1 saturated heterocycles. The predicted octanol–water partition coefficient (Wildman–Crippen LogP) is 1.39. The zero-order valence-electron chi connectivity index (χ0n) is 10.9. The second kappa shape index (κ2) is 5.36. The summed E-state index contributed by atoms with van der Waals surface area (Å²) in [5, 5.41) is 18.2. The third-order valence-electron chi connectivity index (χ3n) is 3.48. The Morgan fingerprint density at radius 3 is 2.60 bits per heavy atom. The molecule has 0 aromatic heterocycles. The summed E-state index contributed by atoms with van der Waals surface area (Å²) >= 11 is 0. The molecule has 0 spiro atoms. The molecule has 2 rings (SSSR count). The van der Waals surface area contributed by atoms with Gasteiger partial charge in [0.15, 0.2) is 0 Å². The molecule has 1 aliphatic rings. The molecule has 1 aromatic carbocycles. The second-order valence-electron chi connectivity index (χ2n) is 4.66. The predicted molar refractivity (Wildman–Crippen MR) is 69.5 cm³/mol. The molecule has 1 unspecified atom stereocenters. The highest BCUT2D eigenvalue weighted by atomic mass is 19.1. The van der Waals surface area contributed by atoms with Gasteiger partial charge in [-0.05, 0) is 19.1 Å². The van der Waals surface area contributed by atoms with Gasteiger partial charge in [-0.2, -0.15) is 0 Å². The molecule has 6 nitrogen and oxygen atoms in total. The number of amides is 1. The zero-order chi connectivity index (χ0) is 14.9. The van der Waals surface area contributed by atoms with Crippen LogP contribution in [0.25, 0.3) is 0 Å². The van der Waals surface area contributed by atoms with Gasteiger partial charge in [0, 0.05) is 24.3 Å². The van der Waals surface area contributed by atoms with Crippen LogP contribution >= 0.6 is 0 Å². The summed E-state index contributed by atoms with van der Waals surface area (Å²) < 4.78 is 13.6. The van der Waals surface area contributed by atoms with E-state index >= 15 is 0 Å². The first-order chi connectivity index (χ1) is 9.41. The van der Waals surface area contributed by atoms with Crippen molar-refractivity contribution in [1.82, 2.24) is 4.90 Å². The Labute approximate surface area is 115 Å². The number of aliphatic carboxylic acids is 1. The minimum atomic E-state index is -1.15. The fourth-order valence-electron chi connectivity index (χ4n) is 2.36. The van der Waals surface area contributed by atoms with Gasteiger partial charge in [-0.25, -0.2) is 14.0 Å². The molecular weight excluding hydrogens is 267 g/mol. The number of carboxylic acids is 1. The lowest BCUT2D eigenvalue weighted by molar-refractivity contribution is -0.139. The van der Waals surface area contributed by atoms with Crippen LogP contribution in [0.5, 0.6) is 0 Å². The molecule has 1 heterocycles. The molecule has 2 N–H and O–H groups in total. The second-order valence-corrected chi connectivity index (χ2v) is 4.66. The fraction of sp³-hybridized carbons (Fsp3) is 0.385. The van der Waals surface area contributed by atoms with E-state index in [4.69, 9.17) is 5.11 Å². The smallest absolute Gasteiger partial charge is 0.407 e. The number of nitrogens with zero attached hydrogens (tertiary/aromatic N) is 2. The maximum Gasteiger partial charge on any atom is 0.407 e. The number of rotatable bonds is 2. The van der Waals surface area contributed by atoms with E-state index in [1.165, 1.54) is 12.1 Å². The number of piperazine rings is 1. The molecule has 0 radical (unpaired) electrons. The molecule has 0 aliphatic carbocycles.